The molecule has 0 bridgehead atoms. The minimum Gasteiger partial charge on any atom is -0.486 e. The summed E-state index contributed by atoms with van der Waals surface area (Å²) in [7, 11) is 0. The van der Waals surface area contributed by atoms with Crippen LogP contribution in [0.15, 0.2) is 41.8 Å². The molecule has 4 heteroatoms. The maximum Gasteiger partial charge on any atom is 0.126 e. The Bertz CT molecular complexity index is 845. The van der Waals surface area contributed by atoms with Crippen molar-refractivity contribution in [2.75, 3.05) is 0 Å². The standard InChI is InChI=1S/C23H28O3S/c1-21(25)14-16(19-11-7-13-27-19)17-9-5-6-12-23(17)22(21,2)20(24)15-8-3-4-10-18(15)26-23/h3-4,7-8,10-11,13,16-17,20,24-25H,5-6,9,12,14H2,1-2H3/t16-,17+,20+,21-,22-,23-/m0/s1. The van der Waals surface area contributed by atoms with Crippen LogP contribution in [0.2, 0.25) is 0 Å². The third kappa shape index (κ3) is 2.15. The van der Waals surface area contributed by atoms with Gasteiger partial charge in [-0.1, -0.05) is 37.6 Å². The van der Waals surface area contributed by atoms with E-state index >= 15 is 0 Å². The van der Waals surface area contributed by atoms with Crippen LogP contribution < -0.4 is 4.74 Å². The topological polar surface area (TPSA) is 49.7 Å². The molecule has 2 heterocycles. The summed E-state index contributed by atoms with van der Waals surface area (Å²) >= 11 is 1.78. The summed E-state index contributed by atoms with van der Waals surface area (Å²) in [6.07, 6.45) is 4.17. The largest absolute Gasteiger partial charge is 0.486 e. The highest BCUT2D eigenvalue weighted by Crippen LogP contribution is 2.69. The number of rotatable bonds is 1. The molecule has 1 aromatic carbocycles. The first kappa shape index (κ1) is 17.7. The molecule has 2 N–H and O–H groups in total. The van der Waals surface area contributed by atoms with E-state index in [2.05, 4.69) is 24.4 Å². The molecule has 3 nitrogen and oxygen atoms in total. The number of para-hydroxylation sites is 1. The first-order chi connectivity index (χ1) is 12.9. The lowest BCUT2D eigenvalue weighted by atomic mass is 9.43. The van der Waals surface area contributed by atoms with Gasteiger partial charge in [-0.15, -0.1) is 11.3 Å². The van der Waals surface area contributed by atoms with Crippen LogP contribution in [-0.4, -0.2) is 21.4 Å². The number of fused-ring (bicyclic) bond motifs is 1. The highest BCUT2D eigenvalue weighted by Gasteiger charge is 2.72. The van der Waals surface area contributed by atoms with Crippen LogP contribution in [-0.2, 0) is 0 Å². The van der Waals surface area contributed by atoms with Crippen LogP contribution in [0.3, 0.4) is 0 Å². The van der Waals surface area contributed by atoms with Crippen molar-refractivity contribution in [2.45, 2.75) is 69.2 Å². The molecule has 27 heavy (non-hydrogen) atoms. The zero-order valence-electron chi connectivity index (χ0n) is 16.0. The molecule has 1 aliphatic heterocycles. The Hall–Kier alpha value is -1.36. The van der Waals surface area contributed by atoms with Gasteiger partial charge in [-0.05, 0) is 50.1 Å². The second-order valence-corrected chi connectivity index (χ2v) is 10.1. The minimum absolute atomic E-state index is 0.269. The fourth-order valence-corrected chi connectivity index (χ4v) is 7.34. The maximum absolute atomic E-state index is 11.8. The van der Waals surface area contributed by atoms with Gasteiger partial charge in [-0.25, -0.2) is 0 Å². The number of ether oxygens (including phenoxy) is 1. The summed E-state index contributed by atoms with van der Waals surface area (Å²) in [6.45, 7) is 3.98. The molecule has 5 rings (SSSR count). The molecule has 2 aliphatic carbocycles. The van der Waals surface area contributed by atoms with E-state index in [0.29, 0.717) is 12.3 Å². The van der Waals surface area contributed by atoms with Gasteiger partial charge in [0, 0.05) is 22.3 Å². The van der Waals surface area contributed by atoms with Gasteiger partial charge in [0.15, 0.2) is 0 Å². The molecule has 0 amide bonds. The molecule has 1 spiro atoms. The van der Waals surface area contributed by atoms with Crippen molar-refractivity contribution in [1.29, 1.82) is 0 Å². The lowest BCUT2D eigenvalue weighted by Gasteiger charge is -2.68. The predicted octanol–water partition coefficient (Wildman–Crippen LogP) is 5.05. The van der Waals surface area contributed by atoms with E-state index < -0.39 is 22.7 Å². The Kier molecular flexibility index (Phi) is 3.82. The SMILES string of the molecule is C[C@@]12[C@H](O)c3ccccc3O[C@]13CCCC[C@@H]3[C@@H](c1cccs1)C[C@]2(C)O. The Balaban J connectivity index is 1.74. The summed E-state index contributed by atoms with van der Waals surface area (Å²) in [4.78, 5) is 1.33. The number of aliphatic hydroxyl groups is 2. The molecule has 2 fully saturated rings. The van der Waals surface area contributed by atoms with Crippen LogP contribution >= 0.6 is 11.3 Å². The Morgan fingerprint density at radius 2 is 1.93 bits per heavy atom. The maximum atomic E-state index is 11.8. The van der Waals surface area contributed by atoms with Crippen LogP contribution in [0.5, 0.6) is 5.75 Å². The molecule has 0 radical (unpaired) electrons. The van der Waals surface area contributed by atoms with Crippen LogP contribution in [0.25, 0.3) is 0 Å². The predicted molar refractivity (Wildman–Crippen MR) is 107 cm³/mol. The minimum atomic E-state index is -1.03. The molecule has 144 valence electrons. The van der Waals surface area contributed by atoms with E-state index in [1.807, 2.05) is 31.2 Å². The van der Waals surface area contributed by atoms with Gasteiger partial charge in [0.05, 0.1) is 17.1 Å². The normalized spacial score (nSPS) is 43.2. The molecular weight excluding hydrogens is 356 g/mol. The van der Waals surface area contributed by atoms with Crippen molar-refractivity contribution in [1.82, 2.24) is 0 Å². The lowest BCUT2D eigenvalue weighted by Crippen LogP contribution is -2.73. The fourth-order valence-electron chi connectivity index (χ4n) is 6.45. The van der Waals surface area contributed by atoms with Gasteiger partial charge in [0.2, 0.25) is 0 Å². The van der Waals surface area contributed by atoms with Crippen LogP contribution in [0.4, 0.5) is 0 Å². The number of hydrogen-bond acceptors (Lipinski definition) is 4. The summed E-state index contributed by atoms with van der Waals surface area (Å²) in [6, 6.07) is 12.1. The third-order valence-electron chi connectivity index (χ3n) is 7.97. The monoisotopic (exact) mass is 384 g/mol. The van der Waals surface area contributed by atoms with Gasteiger partial charge in [0.25, 0.3) is 0 Å². The number of benzene rings is 1. The van der Waals surface area contributed by atoms with E-state index in [4.69, 9.17) is 4.74 Å². The van der Waals surface area contributed by atoms with Crippen molar-refractivity contribution >= 4 is 11.3 Å². The van der Waals surface area contributed by atoms with Crippen molar-refractivity contribution in [3.8, 4) is 5.75 Å². The molecular formula is C23H28O3S. The van der Waals surface area contributed by atoms with Gasteiger partial charge in [-0.2, -0.15) is 0 Å². The molecule has 0 unspecified atom stereocenters. The van der Waals surface area contributed by atoms with Gasteiger partial charge < -0.3 is 14.9 Å². The first-order valence-corrected chi connectivity index (χ1v) is 11.0. The van der Waals surface area contributed by atoms with E-state index in [0.717, 1.165) is 30.6 Å². The highest BCUT2D eigenvalue weighted by atomic mass is 32.1. The molecule has 3 aliphatic rings. The van der Waals surface area contributed by atoms with Gasteiger partial charge >= 0.3 is 0 Å². The van der Waals surface area contributed by atoms with Crippen molar-refractivity contribution in [3.05, 3.63) is 52.2 Å². The zero-order chi connectivity index (χ0) is 18.9. The van der Waals surface area contributed by atoms with E-state index in [-0.39, 0.29) is 5.92 Å². The summed E-state index contributed by atoms with van der Waals surface area (Å²) in [5.74, 6) is 1.36. The quantitative estimate of drug-likeness (QED) is 0.723. The molecule has 2 saturated carbocycles. The van der Waals surface area contributed by atoms with Gasteiger partial charge in [-0.3, -0.25) is 0 Å². The number of hydrogen-bond donors (Lipinski definition) is 2. The smallest absolute Gasteiger partial charge is 0.126 e. The summed E-state index contributed by atoms with van der Waals surface area (Å²) in [5.41, 5.74) is -1.50. The second kappa shape index (κ2) is 5.82. The molecule has 0 saturated heterocycles. The molecule has 1 aromatic heterocycles. The van der Waals surface area contributed by atoms with E-state index in [1.165, 1.54) is 11.3 Å². The average Bonchev–Trinajstić information content (AvgIpc) is 3.19. The van der Waals surface area contributed by atoms with Crippen molar-refractivity contribution in [3.63, 3.8) is 0 Å². The Morgan fingerprint density at radius 1 is 1.11 bits per heavy atom. The van der Waals surface area contributed by atoms with Crippen LogP contribution in [0, 0.1) is 11.3 Å². The first-order valence-electron chi connectivity index (χ1n) is 10.1. The highest BCUT2D eigenvalue weighted by molar-refractivity contribution is 7.10. The van der Waals surface area contributed by atoms with Crippen LogP contribution in [0.1, 0.15) is 68.4 Å². The fraction of sp³-hybridized carbons (Fsp3) is 0.565. The van der Waals surface area contributed by atoms with Crippen molar-refractivity contribution < 1.29 is 14.9 Å². The average molecular weight is 385 g/mol. The number of thiophene rings is 1. The summed E-state index contributed by atoms with van der Waals surface area (Å²) < 4.78 is 6.85. The molecule has 6 atom stereocenters. The zero-order valence-corrected chi connectivity index (χ0v) is 16.8. The Labute approximate surface area is 165 Å². The summed E-state index contributed by atoms with van der Waals surface area (Å²) in [5, 5.41) is 25.5. The van der Waals surface area contributed by atoms with Crippen molar-refractivity contribution in [2.24, 2.45) is 11.3 Å². The van der Waals surface area contributed by atoms with E-state index in [1.54, 1.807) is 11.3 Å². The van der Waals surface area contributed by atoms with E-state index in [9.17, 15) is 10.2 Å². The Morgan fingerprint density at radius 3 is 2.70 bits per heavy atom. The second-order valence-electron chi connectivity index (χ2n) is 9.09. The lowest BCUT2D eigenvalue weighted by molar-refractivity contribution is -0.285. The number of aliphatic hydroxyl groups excluding tert-OH is 1. The third-order valence-corrected chi connectivity index (χ3v) is 8.98. The van der Waals surface area contributed by atoms with Gasteiger partial charge in [0.1, 0.15) is 11.4 Å². The molecule has 2 aromatic rings.